The van der Waals surface area contributed by atoms with E-state index in [2.05, 4.69) is 20.6 Å². The molecule has 3 aromatic rings. The number of halogens is 2. The molecule has 1 amide bonds. The first kappa shape index (κ1) is 17.5. The second-order valence-electron chi connectivity index (χ2n) is 5.82. The number of hydrogen-bond donors (Lipinski definition) is 2. The molecule has 1 heterocycles. The zero-order chi connectivity index (χ0) is 18.7. The maximum Gasteiger partial charge on any atom is 0.258 e. The van der Waals surface area contributed by atoms with Crippen LogP contribution >= 0.6 is 0 Å². The van der Waals surface area contributed by atoms with Gasteiger partial charge >= 0.3 is 0 Å². The third-order valence-corrected chi connectivity index (χ3v) is 3.72. The number of anilines is 3. The Morgan fingerprint density at radius 2 is 1.65 bits per heavy atom. The van der Waals surface area contributed by atoms with E-state index >= 15 is 0 Å². The van der Waals surface area contributed by atoms with E-state index in [1.807, 2.05) is 32.0 Å². The molecule has 0 aliphatic rings. The normalized spacial score (nSPS) is 10.5. The van der Waals surface area contributed by atoms with Crippen molar-refractivity contribution in [3.8, 4) is 0 Å². The number of aromatic nitrogens is 2. The quantitative estimate of drug-likeness (QED) is 0.730. The van der Waals surface area contributed by atoms with Crippen molar-refractivity contribution in [1.29, 1.82) is 0 Å². The summed E-state index contributed by atoms with van der Waals surface area (Å²) in [5.74, 6) is -1.83. The summed E-state index contributed by atoms with van der Waals surface area (Å²) in [6, 6.07) is 8.83. The molecule has 0 aliphatic heterocycles. The fourth-order valence-electron chi connectivity index (χ4n) is 2.37. The minimum atomic E-state index is -0.854. The minimum Gasteiger partial charge on any atom is -0.324 e. The summed E-state index contributed by atoms with van der Waals surface area (Å²) >= 11 is 0. The SMILES string of the molecule is Cc1ccc(Nc2ncc(C(=O)Nc3ccc(F)cc3F)cn2)c(C)c1. The summed E-state index contributed by atoms with van der Waals surface area (Å²) in [6.45, 7) is 3.97. The summed E-state index contributed by atoms with van der Waals surface area (Å²) in [4.78, 5) is 20.3. The van der Waals surface area contributed by atoms with E-state index in [9.17, 15) is 13.6 Å². The second-order valence-corrected chi connectivity index (χ2v) is 5.82. The van der Waals surface area contributed by atoms with Crippen LogP contribution < -0.4 is 10.6 Å². The highest BCUT2D eigenvalue weighted by Crippen LogP contribution is 2.20. The molecule has 0 bridgehead atoms. The first-order valence-electron chi connectivity index (χ1n) is 7.85. The Balaban J connectivity index is 1.71. The number of carbonyl (C=O) groups is 1. The van der Waals surface area contributed by atoms with Gasteiger partial charge in [0.2, 0.25) is 5.95 Å². The molecule has 2 aromatic carbocycles. The highest BCUT2D eigenvalue weighted by Gasteiger charge is 2.11. The largest absolute Gasteiger partial charge is 0.324 e. The minimum absolute atomic E-state index is 0.117. The molecule has 1 aromatic heterocycles. The van der Waals surface area contributed by atoms with Crippen molar-refractivity contribution in [2.24, 2.45) is 0 Å². The van der Waals surface area contributed by atoms with E-state index in [0.29, 0.717) is 12.0 Å². The van der Waals surface area contributed by atoms with Crippen molar-refractivity contribution in [1.82, 2.24) is 9.97 Å². The maximum atomic E-state index is 13.6. The van der Waals surface area contributed by atoms with Crippen molar-refractivity contribution >= 4 is 23.2 Å². The van der Waals surface area contributed by atoms with Gasteiger partial charge in [0.1, 0.15) is 11.6 Å². The molecule has 0 saturated carbocycles. The predicted molar refractivity (Wildman–Crippen MR) is 95.5 cm³/mol. The van der Waals surface area contributed by atoms with Crippen molar-refractivity contribution in [3.05, 3.63) is 77.1 Å². The van der Waals surface area contributed by atoms with Crippen molar-refractivity contribution in [2.75, 3.05) is 10.6 Å². The monoisotopic (exact) mass is 354 g/mol. The molecule has 0 saturated heterocycles. The fraction of sp³-hybridized carbons (Fsp3) is 0.105. The molecule has 0 radical (unpaired) electrons. The van der Waals surface area contributed by atoms with Crippen LogP contribution in [0.15, 0.2) is 48.8 Å². The Kier molecular flexibility index (Phi) is 4.88. The van der Waals surface area contributed by atoms with Crippen LogP contribution in [0.5, 0.6) is 0 Å². The van der Waals surface area contributed by atoms with Crippen molar-refractivity contribution in [3.63, 3.8) is 0 Å². The Bertz CT molecular complexity index is 958. The van der Waals surface area contributed by atoms with Gasteiger partial charge in [-0.3, -0.25) is 4.79 Å². The Morgan fingerprint density at radius 1 is 0.962 bits per heavy atom. The van der Waals surface area contributed by atoms with Crippen molar-refractivity contribution in [2.45, 2.75) is 13.8 Å². The molecular weight excluding hydrogens is 338 g/mol. The number of carbonyl (C=O) groups excluding carboxylic acids is 1. The van der Waals surface area contributed by atoms with Crippen LogP contribution in [-0.2, 0) is 0 Å². The topological polar surface area (TPSA) is 66.9 Å². The van der Waals surface area contributed by atoms with E-state index in [1.54, 1.807) is 0 Å². The van der Waals surface area contributed by atoms with Gasteiger partial charge in [0.15, 0.2) is 0 Å². The van der Waals surface area contributed by atoms with Crippen LogP contribution in [0.25, 0.3) is 0 Å². The van der Waals surface area contributed by atoms with Crippen LogP contribution in [0.1, 0.15) is 21.5 Å². The van der Waals surface area contributed by atoms with Gasteiger partial charge < -0.3 is 10.6 Å². The molecule has 0 atom stereocenters. The van der Waals surface area contributed by atoms with Gasteiger partial charge in [-0.05, 0) is 37.6 Å². The molecule has 132 valence electrons. The standard InChI is InChI=1S/C19H16F2N4O/c1-11-3-5-16(12(2)7-11)25-19-22-9-13(10-23-19)18(26)24-17-6-4-14(20)8-15(17)21/h3-10H,1-2H3,(H,24,26)(H,22,23,25). The third kappa shape index (κ3) is 4.00. The summed E-state index contributed by atoms with van der Waals surface area (Å²) in [7, 11) is 0. The molecule has 2 N–H and O–H groups in total. The number of benzene rings is 2. The summed E-state index contributed by atoms with van der Waals surface area (Å²) in [5, 5.41) is 5.43. The van der Waals surface area contributed by atoms with Gasteiger partial charge in [-0.15, -0.1) is 0 Å². The highest BCUT2D eigenvalue weighted by atomic mass is 19.1. The van der Waals surface area contributed by atoms with Crippen LogP contribution in [0.4, 0.5) is 26.1 Å². The molecule has 0 unspecified atom stereocenters. The summed E-state index contributed by atoms with van der Waals surface area (Å²) < 4.78 is 26.5. The van der Waals surface area contributed by atoms with Gasteiger partial charge in [0.25, 0.3) is 5.91 Å². The van der Waals surface area contributed by atoms with Gasteiger partial charge in [-0.1, -0.05) is 17.7 Å². The molecule has 7 heteroatoms. The average molecular weight is 354 g/mol. The van der Waals surface area contributed by atoms with Gasteiger partial charge in [0, 0.05) is 24.1 Å². The fourth-order valence-corrected chi connectivity index (χ4v) is 2.37. The van der Waals surface area contributed by atoms with E-state index < -0.39 is 17.5 Å². The van der Waals surface area contributed by atoms with Crippen LogP contribution in [0.2, 0.25) is 0 Å². The Morgan fingerprint density at radius 3 is 2.31 bits per heavy atom. The van der Waals surface area contributed by atoms with E-state index in [0.717, 1.165) is 28.9 Å². The second kappa shape index (κ2) is 7.26. The average Bonchev–Trinajstić information content (AvgIpc) is 2.60. The predicted octanol–water partition coefficient (Wildman–Crippen LogP) is 4.37. The number of aryl methyl sites for hydroxylation is 2. The smallest absolute Gasteiger partial charge is 0.258 e. The lowest BCUT2D eigenvalue weighted by Gasteiger charge is -2.09. The zero-order valence-corrected chi connectivity index (χ0v) is 14.2. The Labute approximate surface area is 149 Å². The number of rotatable bonds is 4. The van der Waals surface area contributed by atoms with E-state index in [1.165, 1.54) is 12.4 Å². The Hall–Kier alpha value is -3.35. The number of hydrogen-bond acceptors (Lipinski definition) is 4. The molecule has 26 heavy (non-hydrogen) atoms. The first-order chi connectivity index (χ1) is 12.4. The van der Waals surface area contributed by atoms with Crippen molar-refractivity contribution < 1.29 is 13.6 Å². The zero-order valence-electron chi connectivity index (χ0n) is 14.2. The lowest BCUT2D eigenvalue weighted by Crippen LogP contribution is -2.14. The lowest BCUT2D eigenvalue weighted by molar-refractivity contribution is 0.102. The third-order valence-electron chi connectivity index (χ3n) is 3.72. The summed E-state index contributed by atoms with van der Waals surface area (Å²) in [6.07, 6.45) is 2.66. The highest BCUT2D eigenvalue weighted by molar-refractivity contribution is 6.03. The molecule has 5 nitrogen and oxygen atoms in total. The first-order valence-corrected chi connectivity index (χ1v) is 7.85. The summed E-state index contributed by atoms with van der Waals surface area (Å²) in [5.41, 5.74) is 3.09. The molecule has 0 spiro atoms. The lowest BCUT2D eigenvalue weighted by atomic mass is 10.1. The van der Waals surface area contributed by atoms with Gasteiger partial charge in [-0.2, -0.15) is 0 Å². The molecule has 0 aliphatic carbocycles. The molecular formula is C19H16F2N4O. The van der Waals surface area contributed by atoms with Crippen LogP contribution in [0, 0.1) is 25.5 Å². The maximum absolute atomic E-state index is 13.6. The number of nitrogens with zero attached hydrogens (tertiary/aromatic N) is 2. The van der Waals surface area contributed by atoms with Gasteiger partial charge in [-0.25, -0.2) is 18.7 Å². The van der Waals surface area contributed by atoms with Crippen LogP contribution in [0.3, 0.4) is 0 Å². The van der Waals surface area contributed by atoms with Crippen LogP contribution in [-0.4, -0.2) is 15.9 Å². The number of nitrogens with one attached hydrogen (secondary N) is 2. The molecule has 0 fully saturated rings. The van der Waals surface area contributed by atoms with E-state index in [-0.39, 0.29) is 11.3 Å². The van der Waals surface area contributed by atoms with E-state index in [4.69, 9.17) is 0 Å². The number of amides is 1. The van der Waals surface area contributed by atoms with Gasteiger partial charge in [0.05, 0.1) is 11.3 Å². The molecule has 3 rings (SSSR count).